The highest BCUT2D eigenvalue weighted by molar-refractivity contribution is 5.77. The normalized spacial score (nSPS) is 11.2. The number of nitrogens with zero attached hydrogens (tertiary/aromatic N) is 4. The summed E-state index contributed by atoms with van der Waals surface area (Å²) in [5.41, 5.74) is 0. The van der Waals surface area contributed by atoms with Crippen LogP contribution >= 0.6 is 0 Å². The van der Waals surface area contributed by atoms with Gasteiger partial charge in [0, 0.05) is 145 Å². The van der Waals surface area contributed by atoms with Crippen LogP contribution in [-0.4, -0.2) is 162 Å². The van der Waals surface area contributed by atoms with Crippen molar-refractivity contribution in [2.45, 2.75) is 52.4 Å². The molecule has 0 aliphatic heterocycles. The minimum absolute atomic E-state index is 0.0561. The maximum absolute atomic E-state index is 12.1. The van der Waals surface area contributed by atoms with Crippen LogP contribution in [0, 0.1) is 0 Å². The third-order valence-corrected chi connectivity index (χ3v) is 7.49. The van der Waals surface area contributed by atoms with Crippen molar-refractivity contribution in [3.05, 3.63) is 0 Å². The zero-order valence-electron chi connectivity index (χ0n) is 28.0. The van der Waals surface area contributed by atoms with E-state index in [1.165, 1.54) is 0 Å². The molecule has 44 heavy (non-hydrogen) atoms. The Morgan fingerprint density at radius 2 is 0.523 bits per heavy atom. The zero-order chi connectivity index (χ0) is 33.3. The summed E-state index contributed by atoms with van der Waals surface area (Å²) in [6, 6.07) is 0. The van der Waals surface area contributed by atoms with Crippen molar-refractivity contribution in [1.29, 1.82) is 0 Å². The lowest BCUT2D eigenvalue weighted by Gasteiger charge is -2.31. The highest BCUT2D eigenvalue weighted by Gasteiger charge is 2.17. The summed E-state index contributed by atoms with van der Waals surface area (Å²) in [5.74, 6) is -0.0629. The molecular weight excluding hydrogens is 568 g/mol. The third kappa shape index (κ3) is 22.6. The number of rotatable bonds is 27. The van der Waals surface area contributed by atoms with Gasteiger partial charge in [-0.15, -0.1) is 0 Å². The second-order valence-electron chi connectivity index (χ2n) is 11.0. The van der Waals surface area contributed by atoms with Crippen LogP contribution in [0.15, 0.2) is 0 Å². The van der Waals surface area contributed by atoms with Gasteiger partial charge in [0.1, 0.15) is 11.6 Å². The highest BCUT2D eigenvalue weighted by atomic mass is 16.2. The quantitative estimate of drug-likeness (QED) is 0.0862. The molecule has 4 N–H and O–H groups in total. The minimum Gasteiger partial charge on any atom is -0.359 e. The molecule has 0 atom stereocenters. The Bertz CT molecular complexity index is 868. The van der Waals surface area contributed by atoms with Crippen molar-refractivity contribution in [2.24, 2.45) is 0 Å². The van der Waals surface area contributed by atoms with Gasteiger partial charge in [-0.3, -0.25) is 28.8 Å². The number of amides is 4. The number of Topliss-reactive ketones (excluding diaryl/α,β-unsaturated/α-hetero) is 2. The molecule has 0 fully saturated rings. The van der Waals surface area contributed by atoms with Gasteiger partial charge >= 0.3 is 0 Å². The van der Waals surface area contributed by atoms with E-state index >= 15 is 0 Å². The summed E-state index contributed by atoms with van der Waals surface area (Å²) in [6.07, 6.45) is 2.13. The maximum atomic E-state index is 12.1. The molecular formula is C30H58N8O6. The van der Waals surface area contributed by atoms with Crippen LogP contribution in [-0.2, 0) is 28.8 Å². The summed E-state index contributed by atoms with van der Waals surface area (Å²) in [7, 11) is 6.41. The average molecular weight is 627 g/mol. The molecule has 0 aromatic rings. The molecule has 4 amide bonds. The molecule has 0 radical (unpaired) electrons. The van der Waals surface area contributed by atoms with Crippen molar-refractivity contribution in [1.82, 2.24) is 40.9 Å². The Morgan fingerprint density at radius 1 is 0.341 bits per heavy atom. The van der Waals surface area contributed by atoms with Crippen molar-refractivity contribution < 1.29 is 28.8 Å². The van der Waals surface area contributed by atoms with Crippen molar-refractivity contribution in [2.75, 3.05) is 107 Å². The zero-order valence-corrected chi connectivity index (χ0v) is 28.0. The van der Waals surface area contributed by atoms with Crippen LogP contribution in [0.2, 0.25) is 0 Å². The lowest BCUT2D eigenvalue weighted by molar-refractivity contribution is -0.122. The number of ketones is 2. The standard InChI is InChI=1S/C30H58N8O6/c1-25(39)7-13-35(15-9-27(41)31-3)19-22-38(18-12-30(44)34-6)24-23-37(14-8-26(2)40)21-20-36(16-10-28(42)32-4)17-11-29(43)33-5/h7-24H2,1-6H3,(H,31,41)(H,32,42)(H,33,43)(H,34,44). The molecule has 0 bridgehead atoms. The minimum atomic E-state index is -0.0668. The van der Waals surface area contributed by atoms with Gasteiger partial charge in [0.2, 0.25) is 23.6 Å². The highest BCUT2D eigenvalue weighted by Crippen LogP contribution is 2.03. The van der Waals surface area contributed by atoms with E-state index in [4.69, 9.17) is 0 Å². The molecule has 0 unspecified atom stereocenters. The van der Waals surface area contributed by atoms with E-state index in [0.29, 0.717) is 117 Å². The summed E-state index contributed by atoms with van der Waals surface area (Å²) in [5, 5.41) is 10.6. The second-order valence-corrected chi connectivity index (χ2v) is 11.0. The largest absolute Gasteiger partial charge is 0.359 e. The van der Waals surface area contributed by atoms with E-state index in [1.54, 1.807) is 42.0 Å². The van der Waals surface area contributed by atoms with Gasteiger partial charge in [-0.1, -0.05) is 0 Å². The third-order valence-electron chi connectivity index (χ3n) is 7.49. The fraction of sp³-hybridized carbons (Fsp3) is 0.800. The van der Waals surface area contributed by atoms with E-state index in [2.05, 4.69) is 40.9 Å². The fourth-order valence-electron chi connectivity index (χ4n) is 4.36. The first kappa shape index (κ1) is 41.1. The molecule has 0 saturated heterocycles. The fourth-order valence-corrected chi connectivity index (χ4v) is 4.36. The molecule has 0 aliphatic carbocycles. The number of hydrogen-bond acceptors (Lipinski definition) is 10. The van der Waals surface area contributed by atoms with Crippen LogP contribution in [0.5, 0.6) is 0 Å². The molecule has 0 heterocycles. The number of carbonyl (C=O) groups is 6. The van der Waals surface area contributed by atoms with Crippen LogP contribution < -0.4 is 21.3 Å². The number of carbonyl (C=O) groups excluding carboxylic acids is 6. The summed E-state index contributed by atoms with van der Waals surface area (Å²) in [4.78, 5) is 79.7. The van der Waals surface area contributed by atoms with Crippen LogP contribution in [0.25, 0.3) is 0 Å². The van der Waals surface area contributed by atoms with Gasteiger partial charge < -0.3 is 40.9 Å². The first-order valence-electron chi connectivity index (χ1n) is 15.6. The Kier molecular flexibility index (Phi) is 23.7. The summed E-state index contributed by atoms with van der Waals surface area (Å²) >= 11 is 0. The first-order chi connectivity index (χ1) is 20.9. The average Bonchev–Trinajstić information content (AvgIpc) is 3.01. The van der Waals surface area contributed by atoms with E-state index in [1.807, 2.05) is 0 Å². The molecule has 0 spiro atoms. The van der Waals surface area contributed by atoms with E-state index in [9.17, 15) is 28.8 Å². The van der Waals surface area contributed by atoms with Gasteiger partial charge in [0.15, 0.2) is 0 Å². The molecule has 254 valence electrons. The Morgan fingerprint density at radius 3 is 0.705 bits per heavy atom. The monoisotopic (exact) mass is 626 g/mol. The van der Waals surface area contributed by atoms with E-state index in [-0.39, 0.29) is 35.2 Å². The molecule has 0 aliphatic rings. The van der Waals surface area contributed by atoms with Crippen LogP contribution in [0.4, 0.5) is 0 Å². The molecule has 0 rings (SSSR count). The number of hydrogen-bond donors (Lipinski definition) is 4. The van der Waals surface area contributed by atoms with Gasteiger partial charge in [-0.25, -0.2) is 0 Å². The van der Waals surface area contributed by atoms with Gasteiger partial charge in [-0.05, 0) is 13.8 Å². The molecule has 14 nitrogen and oxygen atoms in total. The predicted molar refractivity (Wildman–Crippen MR) is 171 cm³/mol. The molecule has 0 saturated carbocycles. The van der Waals surface area contributed by atoms with Crippen LogP contribution in [0.1, 0.15) is 52.4 Å². The van der Waals surface area contributed by atoms with Crippen molar-refractivity contribution in [3.63, 3.8) is 0 Å². The molecule has 14 heteroatoms. The first-order valence-corrected chi connectivity index (χ1v) is 15.6. The Balaban J connectivity index is 5.51. The maximum Gasteiger partial charge on any atom is 0.221 e. The number of nitrogens with one attached hydrogen (secondary N) is 4. The second kappa shape index (κ2) is 25.4. The topological polar surface area (TPSA) is 164 Å². The van der Waals surface area contributed by atoms with Gasteiger partial charge in [-0.2, -0.15) is 0 Å². The van der Waals surface area contributed by atoms with E-state index < -0.39 is 0 Å². The Hall–Kier alpha value is -2.94. The molecule has 0 aromatic heterocycles. The molecule has 0 aromatic carbocycles. The van der Waals surface area contributed by atoms with Gasteiger partial charge in [0.05, 0.1) is 0 Å². The van der Waals surface area contributed by atoms with Gasteiger partial charge in [0.25, 0.3) is 0 Å². The van der Waals surface area contributed by atoms with Crippen LogP contribution in [0.3, 0.4) is 0 Å². The Labute approximate surface area is 264 Å². The van der Waals surface area contributed by atoms with E-state index in [0.717, 1.165) is 0 Å². The SMILES string of the molecule is CNC(=O)CCN(CCC(C)=O)CCN(CCC(=O)NC)CCN(CCC(C)=O)CCN(CCC(=O)NC)CCC(=O)NC. The summed E-state index contributed by atoms with van der Waals surface area (Å²) in [6.45, 7) is 10.2. The lowest BCUT2D eigenvalue weighted by atomic mass is 10.2. The van der Waals surface area contributed by atoms with Crippen molar-refractivity contribution in [3.8, 4) is 0 Å². The predicted octanol–water partition coefficient (Wildman–Crippen LogP) is -1.30. The smallest absolute Gasteiger partial charge is 0.221 e. The summed E-state index contributed by atoms with van der Waals surface area (Å²) < 4.78 is 0. The van der Waals surface area contributed by atoms with Crippen molar-refractivity contribution >= 4 is 35.2 Å². The lowest BCUT2D eigenvalue weighted by Crippen LogP contribution is -2.44.